The maximum absolute atomic E-state index is 6.58. The molecule has 0 spiro atoms. The fourth-order valence-electron chi connectivity index (χ4n) is 10.9. The van der Waals surface area contributed by atoms with Crippen LogP contribution in [0.4, 0.5) is 0 Å². The number of fused-ring (bicyclic) bond motifs is 2. The first-order valence-corrected chi connectivity index (χ1v) is 27.6. The Labute approximate surface area is 333 Å². The van der Waals surface area contributed by atoms with Gasteiger partial charge in [0, 0.05) is 11.8 Å². The van der Waals surface area contributed by atoms with E-state index in [0.717, 1.165) is 24.4 Å². The van der Waals surface area contributed by atoms with Crippen molar-refractivity contribution in [2.45, 2.75) is 76.5 Å². The Kier molecular flexibility index (Phi) is 13.3. The number of furan rings is 2. The van der Waals surface area contributed by atoms with Crippen molar-refractivity contribution < 1.29 is 29.7 Å². The second kappa shape index (κ2) is 17.0. The number of rotatable bonds is 6. The molecule has 6 heteroatoms. The van der Waals surface area contributed by atoms with Gasteiger partial charge < -0.3 is 23.7 Å². The molecule has 0 saturated heterocycles. The summed E-state index contributed by atoms with van der Waals surface area (Å²) < 4.78 is 13.2. The molecule has 2 aromatic carbocycles. The van der Waals surface area contributed by atoms with E-state index in [9.17, 15) is 0 Å². The van der Waals surface area contributed by atoms with Crippen LogP contribution in [0, 0.1) is 52.4 Å². The van der Waals surface area contributed by atoms with Crippen molar-refractivity contribution in [1.29, 1.82) is 0 Å². The summed E-state index contributed by atoms with van der Waals surface area (Å²) in [6, 6.07) is 31.3. The third-order valence-electron chi connectivity index (χ3n) is 12.5. The van der Waals surface area contributed by atoms with E-state index in [0.29, 0.717) is 46.6 Å². The molecule has 0 N–H and O–H groups in total. The van der Waals surface area contributed by atoms with Crippen LogP contribution in [0.2, 0.25) is 24.2 Å². The van der Waals surface area contributed by atoms with Gasteiger partial charge in [-0.1, -0.05) is 98.1 Å². The normalized spacial score (nSPS) is 27.5. The number of hydrogen-bond acceptors (Lipinski definition) is 2. The zero-order chi connectivity index (χ0) is 35.2. The summed E-state index contributed by atoms with van der Waals surface area (Å²) in [6.45, 7) is 14.3. The van der Waals surface area contributed by atoms with Crippen molar-refractivity contribution in [3.63, 3.8) is 0 Å². The van der Waals surface area contributed by atoms with E-state index in [1.54, 1.807) is 11.1 Å². The third kappa shape index (κ3) is 7.49. The van der Waals surface area contributed by atoms with E-state index in [4.69, 9.17) is 25.9 Å². The summed E-state index contributed by atoms with van der Waals surface area (Å²) in [5, 5.41) is 0. The van der Waals surface area contributed by atoms with Gasteiger partial charge in [-0.15, -0.1) is 0 Å². The summed E-state index contributed by atoms with van der Waals surface area (Å²) in [5.41, 5.74) is 9.78. The molecule has 4 aromatic rings. The van der Waals surface area contributed by atoms with Crippen molar-refractivity contribution >= 4 is 36.2 Å². The molecule has 8 rings (SSSR count). The summed E-state index contributed by atoms with van der Waals surface area (Å²) in [5.74, 6) is 7.17. The quantitative estimate of drug-likeness (QED) is 0.143. The minimum atomic E-state index is -2.10. The average molecular weight is 829 g/mol. The van der Waals surface area contributed by atoms with Crippen LogP contribution in [-0.2, 0) is 20.8 Å². The molecule has 0 radical (unpaired) electrons. The van der Waals surface area contributed by atoms with E-state index >= 15 is 0 Å². The molecule has 2 fully saturated rings. The predicted octanol–water partition coefficient (Wildman–Crippen LogP) is 14.4. The van der Waals surface area contributed by atoms with Crippen LogP contribution in [0.25, 0.3) is 11.1 Å². The van der Waals surface area contributed by atoms with Crippen molar-refractivity contribution in [1.82, 2.24) is 0 Å². The van der Waals surface area contributed by atoms with Gasteiger partial charge in [-0.25, -0.2) is 0 Å². The van der Waals surface area contributed by atoms with E-state index in [2.05, 4.69) is 150 Å². The fourth-order valence-corrected chi connectivity index (χ4v) is 16.6. The Balaban J connectivity index is 0.00000101. The first-order chi connectivity index (χ1) is 24.1. The van der Waals surface area contributed by atoms with Gasteiger partial charge in [-0.05, 0) is 133 Å². The van der Waals surface area contributed by atoms with Crippen LogP contribution in [0.1, 0.15) is 72.7 Å². The number of aryl methyl sites for hydroxylation is 2. The van der Waals surface area contributed by atoms with Crippen molar-refractivity contribution in [3.05, 3.63) is 169 Å². The SMILES string of the molecule is CC1=C(c2ccccc2)C2CC(c3ccc(C)o3)C([Si](C)(C)C3C(c4ccc(C)o4)CC4C(c5ccccc5)=C(C)C=CC43)C2C=C1.[CH3-].[CH3-].[Cl][Zr+2][Cl]. The van der Waals surface area contributed by atoms with Crippen molar-refractivity contribution in [3.8, 4) is 0 Å². The molecule has 272 valence electrons. The van der Waals surface area contributed by atoms with Crippen LogP contribution in [0.3, 0.4) is 0 Å². The summed E-state index contributed by atoms with van der Waals surface area (Å²) >= 11 is -0.826. The fraction of sp³-hybridized carbons (Fsp3) is 0.348. The second-order valence-electron chi connectivity index (χ2n) is 15.5. The van der Waals surface area contributed by atoms with Gasteiger partial charge in [0.2, 0.25) is 0 Å². The Morgan fingerprint density at radius 1 is 0.558 bits per heavy atom. The standard InChI is InChI=1S/C44H48O2Si.2CH3.2ClH.Zr/c1-27-17-21-33-35(41(27)31-13-9-7-10-14-31)25-37(39-23-19-29(3)45-39)43(33)47(5,6)44-34-22-18-28(2)42(32-15-11-8-12-16-32)36(34)26-38(44)40-24-20-30(4)46-40;;;;;/h7-24,33-38,43-44H,25-26H2,1-6H3;2*1H3;2*1H;/q;2*-1;;;+4/p-2. The Morgan fingerprint density at radius 2 is 0.923 bits per heavy atom. The van der Waals surface area contributed by atoms with Crippen molar-refractivity contribution in [2.75, 3.05) is 0 Å². The number of allylic oxidation sites excluding steroid dienone is 8. The monoisotopic (exact) mass is 826 g/mol. The molecule has 8 unspecified atom stereocenters. The first-order valence-electron chi connectivity index (χ1n) is 18.1. The van der Waals surface area contributed by atoms with Crippen LogP contribution >= 0.6 is 17.0 Å². The second-order valence-corrected chi connectivity index (χ2v) is 24.2. The van der Waals surface area contributed by atoms with Gasteiger partial charge in [0.1, 0.15) is 23.0 Å². The first kappa shape index (κ1) is 40.8. The van der Waals surface area contributed by atoms with Crippen LogP contribution < -0.4 is 0 Å². The molecule has 8 atom stereocenters. The maximum atomic E-state index is 6.58. The van der Waals surface area contributed by atoms with Gasteiger partial charge in [-0.2, -0.15) is 0 Å². The van der Waals surface area contributed by atoms with Gasteiger partial charge in [-0.3, -0.25) is 0 Å². The molecular formula is C46H54Cl2O2SiZr. The summed E-state index contributed by atoms with van der Waals surface area (Å²) in [6.07, 6.45) is 12.4. The van der Waals surface area contributed by atoms with E-state index in [1.807, 2.05) is 0 Å². The Morgan fingerprint density at radius 3 is 1.25 bits per heavy atom. The molecule has 0 bridgehead atoms. The van der Waals surface area contributed by atoms with Gasteiger partial charge >= 0.3 is 37.9 Å². The third-order valence-corrected chi connectivity index (χ3v) is 17.5. The molecule has 4 aliphatic carbocycles. The Hall–Kier alpha value is -2.36. The number of hydrogen-bond donors (Lipinski definition) is 0. The molecule has 2 nitrogen and oxygen atoms in total. The van der Waals surface area contributed by atoms with Gasteiger partial charge in [0.25, 0.3) is 0 Å². The van der Waals surface area contributed by atoms with E-state index < -0.39 is 28.9 Å². The number of halogens is 2. The van der Waals surface area contributed by atoms with Crippen LogP contribution in [0.15, 0.2) is 129 Å². The topological polar surface area (TPSA) is 26.3 Å². The van der Waals surface area contributed by atoms with E-state index in [-0.39, 0.29) is 14.9 Å². The zero-order valence-corrected chi connectivity index (χ0v) is 37.0. The molecule has 2 saturated carbocycles. The van der Waals surface area contributed by atoms with Gasteiger partial charge in [0.05, 0.1) is 8.07 Å². The molecular weight excluding hydrogens is 775 g/mol. The molecule has 2 aromatic heterocycles. The van der Waals surface area contributed by atoms with Crippen LogP contribution in [-0.4, -0.2) is 8.07 Å². The van der Waals surface area contributed by atoms with Crippen LogP contribution in [0.5, 0.6) is 0 Å². The zero-order valence-electron chi connectivity index (χ0n) is 32.0. The molecule has 0 aliphatic heterocycles. The predicted molar refractivity (Wildman–Crippen MR) is 221 cm³/mol. The molecule has 2 heterocycles. The minimum absolute atomic E-state index is 0. The molecule has 0 amide bonds. The summed E-state index contributed by atoms with van der Waals surface area (Å²) in [4.78, 5) is 0. The molecule has 52 heavy (non-hydrogen) atoms. The summed E-state index contributed by atoms with van der Waals surface area (Å²) in [7, 11) is 7.77. The van der Waals surface area contributed by atoms with Crippen molar-refractivity contribution in [2.24, 2.45) is 23.7 Å². The number of benzene rings is 2. The Bertz CT molecular complexity index is 1800. The van der Waals surface area contributed by atoms with Gasteiger partial charge in [0.15, 0.2) is 0 Å². The van der Waals surface area contributed by atoms with E-state index in [1.165, 1.54) is 33.8 Å². The molecule has 4 aliphatic rings. The average Bonchev–Trinajstić information content (AvgIpc) is 3.90.